The van der Waals surface area contributed by atoms with Crippen LogP contribution in [0.2, 0.25) is 0 Å². The molecule has 1 aromatic heterocycles. The molecule has 2 heterocycles. The van der Waals surface area contributed by atoms with Crippen LogP contribution >= 0.6 is 11.3 Å². The first-order valence-electron chi connectivity index (χ1n) is 7.86. The molecule has 1 aliphatic heterocycles. The van der Waals surface area contributed by atoms with Crippen LogP contribution in [0.5, 0.6) is 0 Å². The SMILES string of the molecule is CNC1C(=O)N(C2C=CC(N(C)C)CC2)CCc2ncsc21. The van der Waals surface area contributed by atoms with Crippen molar-refractivity contribution in [2.75, 3.05) is 27.7 Å². The molecule has 0 fully saturated rings. The van der Waals surface area contributed by atoms with E-state index in [0.717, 1.165) is 36.4 Å². The van der Waals surface area contributed by atoms with Gasteiger partial charge >= 0.3 is 0 Å². The molecule has 120 valence electrons. The molecule has 3 rings (SSSR count). The molecule has 0 spiro atoms. The number of aromatic nitrogens is 1. The van der Waals surface area contributed by atoms with Crippen LogP contribution < -0.4 is 5.32 Å². The molecule has 1 aromatic rings. The topological polar surface area (TPSA) is 48.5 Å². The van der Waals surface area contributed by atoms with Gasteiger partial charge in [-0.15, -0.1) is 11.3 Å². The van der Waals surface area contributed by atoms with Gasteiger partial charge in [0.1, 0.15) is 6.04 Å². The summed E-state index contributed by atoms with van der Waals surface area (Å²) in [5.41, 5.74) is 2.92. The number of amides is 1. The average molecular weight is 320 g/mol. The van der Waals surface area contributed by atoms with Gasteiger partial charge in [0, 0.05) is 19.0 Å². The molecule has 1 aliphatic carbocycles. The first-order valence-corrected chi connectivity index (χ1v) is 8.74. The number of carbonyl (C=O) groups excluding carboxylic acids is 1. The molecular weight excluding hydrogens is 296 g/mol. The van der Waals surface area contributed by atoms with Crippen molar-refractivity contribution in [1.29, 1.82) is 0 Å². The fourth-order valence-electron chi connectivity index (χ4n) is 3.38. The summed E-state index contributed by atoms with van der Waals surface area (Å²) in [6.07, 6.45) is 7.44. The monoisotopic (exact) mass is 320 g/mol. The molecule has 22 heavy (non-hydrogen) atoms. The molecule has 0 aromatic carbocycles. The molecule has 0 saturated heterocycles. The van der Waals surface area contributed by atoms with Crippen LogP contribution in [0.3, 0.4) is 0 Å². The lowest BCUT2D eigenvalue weighted by Crippen LogP contribution is -2.46. The summed E-state index contributed by atoms with van der Waals surface area (Å²) in [5, 5.41) is 3.18. The molecule has 2 aliphatic rings. The van der Waals surface area contributed by atoms with E-state index in [1.807, 2.05) is 17.5 Å². The quantitative estimate of drug-likeness (QED) is 0.856. The third-order valence-electron chi connectivity index (χ3n) is 4.72. The Bertz CT molecular complexity index is 568. The molecule has 0 bridgehead atoms. The highest BCUT2D eigenvalue weighted by Crippen LogP contribution is 2.30. The standard InChI is InChI=1S/C16H24N4OS/c1-17-14-15-13(18-10-22-15)8-9-20(16(14)21)12-6-4-11(5-7-12)19(2)3/h4,6,10-12,14,17H,5,7-9H2,1-3H3. The van der Waals surface area contributed by atoms with Crippen LogP contribution in [0.4, 0.5) is 0 Å². The summed E-state index contributed by atoms with van der Waals surface area (Å²) in [4.78, 5) is 22.7. The van der Waals surface area contributed by atoms with Gasteiger partial charge in [0.25, 0.3) is 0 Å². The van der Waals surface area contributed by atoms with E-state index in [9.17, 15) is 4.79 Å². The van der Waals surface area contributed by atoms with Gasteiger partial charge in [-0.3, -0.25) is 4.79 Å². The second-order valence-corrected chi connectivity index (χ2v) is 7.11. The predicted molar refractivity (Wildman–Crippen MR) is 89.0 cm³/mol. The Labute approximate surface area is 136 Å². The smallest absolute Gasteiger partial charge is 0.245 e. The van der Waals surface area contributed by atoms with Crippen molar-refractivity contribution >= 4 is 17.2 Å². The first kappa shape index (κ1) is 15.6. The van der Waals surface area contributed by atoms with Crippen LogP contribution in [0, 0.1) is 0 Å². The molecule has 3 atom stereocenters. The Morgan fingerprint density at radius 2 is 2.18 bits per heavy atom. The number of hydrogen-bond donors (Lipinski definition) is 1. The summed E-state index contributed by atoms with van der Waals surface area (Å²) in [6.45, 7) is 0.759. The lowest BCUT2D eigenvalue weighted by atomic mass is 9.96. The van der Waals surface area contributed by atoms with E-state index in [2.05, 4.69) is 41.4 Å². The molecular formula is C16H24N4OS. The van der Waals surface area contributed by atoms with E-state index in [4.69, 9.17) is 0 Å². The van der Waals surface area contributed by atoms with Gasteiger partial charge in [-0.05, 0) is 34.0 Å². The van der Waals surface area contributed by atoms with Crippen LogP contribution in [0.1, 0.15) is 29.5 Å². The van der Waals surface area contributed by atoms with E-state index in [1.54, 1.807) is 11.3 Å². The third kappa shape index (κ3) is 2.83. The lowest BCUT2D eigenvalue weighted by molar-refractivity contribution is -0.134. The van der Waals surface area contributed by atoms with Crippen molar-refractivity contribution in [3.63, 3.8) is 0 Å². The number of thiazole rings is 1. The Hall–Kier alpha value is -1.24. The minimum atomic E-state index is -0.245. The molecule has 0 radical (unpaired) electrons. The fraction of sp³-hybridized carbons (Fsp3) is 0.625. The number of carbonyl (C=O) groups is 1. The largest absolute Gasteiger partial charge is 0.334 e. The summed E-state index contributed by atoms with van der Waals surface area (Å²) in [7, 11) is 6.06. The highest BCUT2D eigenvalue weighted by Gasteiger charge is 2.35. The fourth-order valence-corrected chi connectivity index (χ4v) is 4.32. The minimum Gasteiger partial charge on any atom is -0.334 e. The van der Waals surface area contributed by atoms with Gasteiger partial charge in [-0.2, -0.15) is 0 Å². The number of likely N-dealkylation sites (N-methyl/N-ethyl adjacent to an activating group) is 2. The van der Waals surface area contributed by atoms with Gasteiger partial charge in [0.2, 0.25) is 5.91 Å². The summed E-state index contributed by atoms with van der Waals surface area (Å²) in [6, 6.07) is 0.459. The van der Waals surface area contributed by atoms with E-state index in [1.165, 1.54) is 0 Å². The van der Waals surface area contributed by atoms with Crippen LogP contribution in [-0.2, 0) is 11.2 Å². The first-order chi connectivity index (χ1) is 10.6. The maximum absolute atomic E-state index is 12.9. The van der Waals surface area contributed by atoms with Crippen LogP contribution in [-0.4, -0.2) is 60.5 Å². The Morgan fingerprint density at radius 3 is 2.82 bits per heavy atom. The van der Waals surface area contributed by atoms with E-state index in [-0.39, 0.29) is 18.0 Å². The molecule has 0 saturated carbocycles. The van der Waals surface area contributed by atoms with E-state index < -0.39 is 0 Å². The average Bonchev–Trinajstić information content (AvgIpc) is 2.92. The van der Waals surface area contributed by atoms with Crippen molar-refractivity contribution in [1.82, 2.24) is 20.1 Å². The van der Waals surface area contributed by atoms with Gasteiger partial charge in [0.15, 0.2) is 0 Å². The summed E-state index contributed by atoms with van der Waals surface area (Å²) in [5.74, 6) is 0.184. The number of nitrogens with one attached hydrogen (secondary N) is 1. The van der Waals surface area contributed by atoms with Gasteiger partial charge in [0.05, 0.1) is 22.1 Å². The third-order valence-corrected chi connectivity index (χ3v) is 5.66. The second kappa shape index (κ2) is 6.48. The number of hydrogen-bond acceptors (Lipinski definition) is 5. The maximum atomic E-state index is 12.9. The lowest BCUT2D eigenvalue weighted by Gasteiger charge is -2.35. The van der Waals surface area contributed by atoms with Gasteiger partial charge in [-0.1, -0.05) is 12.2 Å². The Kier molecular flexibility index (Phi) is 4.61. The summed E-state index contributed by atoms with van der Waals surface area (Å²) < 4.78 is 0. The maximum Gasteiger partial charge on any atom is 0.245 e. The molecule has 3 unspecified atom stereocenters. The molecule has 5 nitrogen and oxygen atoms in total. The normalized spacial score (nSPS) is 28.8. The van der Waals surface area contributed by atoms with Crippen molar-refractivity contribution < 1.29 is 4.79 Å². The van der Waals surface area contributed by atoms with Crippen LogP contribution in [0.25, 0.3) is 0 Å². The predicted octanol–water partition coefficient (Wildman–Crippen LogP) is 1.44. The minimum absolute atomic E-state index is 0.184. The van der Waals surface area contributed by atoms with Gasteiger partial charge in [-0.25, -0.2) is 4.98 Å². The van der Waals surface area contributed by atoms with Crippen LogP contribution in [0.15, 0.2) is 17.7 Å². The zero-order valence-electron chi connectivity index (χ0n) is 13.5. The second-order valence-electron chi connectivity index (χ2n) is 6.23. The van der Waals surface area contributed by atoms with Crippen molar-refractivity contribution in [2.24, 2.45) is 0 Å². The van der Waals surface area contributed by atoms with Crippen molar-refractivity contribution in [3.05, 3.63) is 28.2 Å². The molecule has 1 amide bonds. The van der Waals surface area contributed by atoms with Crippen molar-refractivity contribution in [2.45, 2.75) is 37.4 Å². The van der Waals surface area contributed by atoms with Crippen molar-refractivity contribution in [3.8, 4) is 0 Å². The zero-order valence-corrected chi connectivity index (χ0v) is 14.3. The molecule has 6 heteroatoms. The Balaban J connectivity index is 1.80. The van der Waals surface area contributed by atoms with Gasteiger partial charge < -0.3 is 15.1 Å². The zero-order chi connectivity index (χ0) is 15.7. The van der Waals surface area contributed by atoms with E-state index in [0.29, 0.717) is 6.04 Å². The van der Waals surface area contributed by atoms with E-state index >= 15 is 0 Å². The Morgan fingerprint density at radius 1 is 1.36 bits per heavy atom. The molecule has 1 N–H and O–H groups in total. The highest BCUT2D eigenvalue weighted by atomic mass is 32.1. The number of nitrogens with zero attached hydrogens (tertiary/aromatic N) is 3. The number of rotatable bonds is 3. The number of fused-ring (bicyclic) bond motifs is 1. The highest BCUT2D eigenvalue weighted by molar-refractivity contribution is 7.10. The summed E-state index contributed by atoms with van der Waals surface area (Å²) >= 11 is 1.58.